The number of carbonyl (C=O) groups is 1. The van der Waals surface area contributed by atoms with Gasteiger partial charge in [0, 0.05) is 21.0 Å². The van der Waals surface area contributed by atoms with Crippen LogP contribution in [0.5, 0.6) is 0 Å². The van der Waals surface area contributed by atoms with Gasteiger partial charge in [0.1, 0.15) is 5.01 Å². The van der Waals surface area contributed by atoms with Crippen LogP contribution < -0.4 is 0 Å². The van der Waals surface area contributed by atoms with Gasteiger partial charge in [0.15, 0.2) is 0 Å². The van der Waals surface area contributed by atoms with Gasteiger partial charge < -0.3 is 4.43 Å². The molecule has 0 radical (unpaired) electrons. The number of rotatable bonds is 5. The third-order valence-corrected chi connectivity index (χ3v) is 11.0. The maximum absolute atomic E-state index is 12.8. The molecule has 0 unspecified atom stereocenters. The van der Waals surface area contributed by atoms with Crippen LogP contribution in [-0.4, -0.2) is 19.3 Å². The molecule has 3 rings (SSSR count). The average molecular weight is 444 g/mol. The summed E-state index contributed by atoms with van der Waals surface area (Å²) in [5.41, 5.74) is 2.80. The zero-order chi connectivity index (χ0) is 21.2. The fourth-order valence-corrected chi connectivity index (χ4v) is 4.76. The van der Waals surface area contributed by atoms with Crippen molar-refractivity contribution in [1.82, 2.24) is 4.98 Å². The topological polar surface area (TPSA) is 39.2 Å². The third kappa shape index (κ3) is 5.16. The first-order valence-corrected chi connectivity index (χ1v) is 13.7. The zero-order valence-corrected chi connectivity index (χ0v) is 20.0. The highest BCUT2D eigenvalue weighted by Crippen LogP contribution is 2.38. The predicted octanol–water partition coefficient (Wildman–Crippen LogP) is 7.22. The predicted molar refractivity (Wildman–Crippen MR) is 125 cm³/mol. The van der Waals surface area contributed by atoms with Crippen molar-refractivity contribution in [2.75, 3.05) is 0 Å². The van der Waals surface area contributed by atoms with Crippen molar-refractivity contribution < 1.29 is 9.22 Å². The van der Waals surface area contributed by atoms with E-state index in [1.54, 1.807) is 11.3 Å². The van der Waals surface area contributed by atoms with Crippen molar-refractivity contribution in [3.8, 4) is 21.8 Å². The van der Waals surface area contributed by atoms with Gasteiger partial charge in [-0.25, -0.2) is 4.98 Å². The van der Waals surface area contributed by atoms with Gasteiger partial charge in [0.2, 0.25) is 0 Å². The fourth-order valence-electron chi connectivity index (χ4n) is 2.61. The van der Waals surface area contributed by atoms with Crippen LogP contribution in [0.1, 0.15) is 25.6 Å². The van der Waals surface area contributed by atoms with Crippen LogP contribution in [0.2, 0.25) is 23.2 Å². The summed E-state index contributed by atoms with van der Waals surface area (Å²) in [7, 11) is -2.17. The number of hydrogen-bond acceptors (Lipinski definition) is 4. The first kappa shape index (κ1) is 21.7. The summed E-state index contributed by atoms with van der Waals surface area (Å²) in [6.07, 6.45) is 0.217. The highest BCUT2D eigenvalue weighted by atomic mass is 35.5. The first-order chi connectivity index (χ1) is 13.6. The van der Waals surface area contributed by atoms with Crippen LogP contribution in [0.15, 0.2) is 54.6 Å². The lowest BCUT2D eigenvalue weighted by molar-refractivity contribution is -0.134. The SMILES string of the molecule is CC(C)(C)[Si](C)(C)OC(=O)Cc1sc(-c2ccccc2)nc1-c1ccc(Cl)cc1. The molecule has 0 aliphatic carbocycles. The minimum Gasteiger partial charge on any atom is -0.519 e. The van der Waals surface area contributed by atoms with Gasteiger partial charge >= 0.3 is 0 Å². The van der Waals surface area contributed by atoms with Crippen molar-refractivity contribution in [2.24, 2.45) is 0 Å². The molecule has 1 heterocycles. The maximum Gasteiger partial charge on any atom is 0.297 e. The van der Waals surface area contributed by atoms with Gasteiger partial charge in [-0.2, -0.15) is 0 Å². The molecule has 152 valence electrons. The van der Waals surface area contributed by atoms with E-state index >= 15 is 0 Å². The van der Waals surface area contributed by atoms with Crippen LogP contribution in [0.4, 0.5) is 0 Å². The molecule has 0 spiro atoms. The Labute approximate surface area is 182 Å². The molecule has 0 fully saturated rings. The summed E-state index contributed by atoms with van der Waals surface area (Å²) in [6.45, 7) is 10.6. The quantitative estimate of drug-likeness (QED) is 0.390. The first-order valence-electron chi connectivity index (χ1n) is 9.60. The molecule has 29 heavy (non-hydrogen) atoms. The van der Waals surface area contributed by atoms with Crippen LogP contribution in [0, 0.1) is 0 Å². The molecule has 0 atom stereocenters. The molecule has 0 saturated carbocycles. The van der Waals surface area contributed by atoms with Gasteiger partial charge in [-0.1, -0.05) is 74.8 Å². The van der Waals surface area contributed by atoms with Crippen molar-refractivity contribution in [2.45, 2.75) is 45.3 Å². The van der Waals surface area contributed by atoms with E-state index in [0.29, 0.717) is 5.02 Å². The summed E-state index contributed by atoms with van der Waals surface area (Å²) in [4.78, 5) is 18.6. The van der Waals surface area contributed by atoms with E-state index in [2.05, 4.69) is 33.9 Å². The Morgan fingerprint density at radius 3 is 2.24 bits per heavy atom. The minimum absolute atomic E-state index is 0.0232. The van der Waals surface area contributed by atoms with E-state index in [1.807, 2.05) is 54.6 Å². The van der Waals surface area contributed by atoms with Crippen LogP contribution >= 0.6 is 22.9 Å². The third-order valence-electron chi connectivity index (χ3n) is 5.32. The molecule has 0 saturated heterocycles. The van der Waals surface area contributed by atoms with Gasteiger partial charge in [0.25, 0.3) is 14.3 Å². The molecule has 0 aliphatic rings. The number of thiazole rings is 1. The molecule has 2 aromatic carbocycles. The smallest absolute Gasteiger partial charge is 0.297 e. The van der Waals surface area contributed by atoms with Crippen LogP contribution in [-0.2, 0) is 15.6 Å². The molecule has 0 N–H and O–H groups in total. The number of hydrogen-bond donors (Lipinski definition) is 0. The molecule has 3 nitrogen and oxygen atoms in total. The molecule has 0 aliphatic heterocycles. The van der Waals surface area contributed by atoms with Crippen LogP contribution in [0.25, 0.3) is 21.8 Å². The Morgan fingerprint density at radius 2 is 1.66 bits per heavy atom. The second-order valence-corrected chi connectivity index (χ2v) is 14.8. The van der Waals surface area contributed by atoms with Crippen LogP contribution in [0.3, 0.4) is 0 Å². The Hall–Kier alpha value is -1.95. The van der Waals surface area contributed by atoms with Crippen molar-refractivity contribution in [3.63, 3.8) is 0 Å². The highest BCUT2D eigenvalue weighted by Gasteiger charge is 2.40. The number of halogens is 1. The summed E-state index contributed by atoms with van der Waals surface area (Å²) in [5.74, 6) is -0.185. The van der Waals surface area contributed by atoms with E-state index in [9.17, 15) is 4.79 Å². The normalized spacial score (nSPS) is 12.1. The standard InChI is InChI=1S/C23H26ClNO2SSi/c1-23(2,3)29(4,5)27-20(26)15-19-21(16-11-13-18(24)14-12-16)25-22(28-19)17-9-7-6-8-10-17/h6-14H,15H2,1-5H3. The van der Waals surface area contributed by atoms with E-state index in [1.165, 1.54) is 0 Å². The highest BCUT2D eigenvalue weighted by molar-refractivity contribution is 7.15. The summed E-state index contributed by atoms with van der Waals surface area (Å²) in [5, 5.41) is 1.54. The summed E-state index contributed by atoms with van der Waals surface area (Å²) in [6, 6.07) is 17.6. The maximum atomic E-state index is 12.8. The van der Waals surface area contributed by atoms with Gasteiger partial charge in [-0.15, -0.1) is 11.3 Å². The Bertz CT molecular complexity index is 992. The number of carbonyl (C=O) groups excluding carboxylic acids is 1. The largest absolute Gasteiger partial charge is 0.519 e. The number of nitrogens with zero attached hydrogens (tertiary/aromatic N) is 1. The Balaban J connectivity index is 1.95. The van der Waals surface area contributed by atoms with Gasteiger partial charge in [-0.05, 0) is 30.3 Å². The van der Waals surface area contributed by atoms with E-state index in [-0.39, 0.29) is 17.4 Å². The minimum atomic E-state index is -2.17. The lowest BCUT2D eigenvalue weighted by Crippen LogP contribution is -2.42. The number of aromatic nitrogens is 1. The molecule has 0 amide bonds. The zero-order valence-electron chi connectivity index (χ0n) is 17.5. The molecular formula is C23H26ClNO2SSi. The van der Waals surface area contributed by atoms with Crippen molar-refractivity contribution >= 4 is 37.2 Å². The second kappa shape index (κ2) is 8.42. The molecule has 1 aromatic heterocycles. The number of benzene rings is 2. The molecular weight excluding hydrogens is 418 g/mol. The summed E-state index contributed by atoms with van der Waals surface area (Å²) >= 11 is 7.60. The Kier molecular flexibility index (Phi) is 6.32. The molecule has 3 aromatic rings. The lowest BCUT2D eigenvalue weighted by atomic mass is 10.1. The molecule has 6 heteroatoms. The van der Waals surface area contributed by atoms with Gasteiger partial charge in [-0.3, -0.25) is 4.79 Å². The second-order valence-electron chi connectivity index (χ2n) is 8.57. The lowest BCUT2D eigenvalue weighted by Gasteiger charge is -2.35. The van der Waals surface area contributed by atoms with E-state index in [4.69, 9.17) is 21.0 Å². The Morgan fingerprint density at radius 1 is 1.03 bits per heavy atom. The molecule has 0 bridgehead atoms. The van der Waals surface area contributed by atoms with Crippen molar-refractivity contribution in [1.29, 1.82) is 0 Å². The average Bonchev–Trinajstić information content (AvgIpc) is 3.05. The fraction of sp³-hybridized carbons (Fsp3) is 0.304. The van der Waals surface area contributed by atoms with Gasteiger partial charge in [0.05, 0.1) is 12.1 Å². The van der Waals surface area contributed by atoms with E-state index < -0.39 is 8.32 Å². The monoisotopic (exact) mass is 443 g/mol. The van der Waals surface area contributed by atoms with E-state index in [0.717, 1.165) is 26.7 Å². The van der Waals surface area contributed by atoms with Crippen molar-refractivity contribution in [3.05, 3.63) is 64.5 Å². The summed E-state index contributed by atoms with van der Waals surface area (Å²) < 4.78 is 5.99.